The maximum absolute atomic E-state index is 6.85. The molecule has 0 amide bonds. The van der Waals surface area contributed by atoms with Crippen molar-refractivity contribution < 1.29 is 0 Å². The highest BCUT2D eigenvalue weighted by Crippen LogP contribution is 2.45. The summed E-state index contributed by atoms with van der Waals surface area (Å²) in [4.78, 5) is 0. The van der Waals surface area contributed by atoms with Gasteiger partial charge in [0.25, 0.3) is 0 Å². The summed E-state index contributed by atoms with van der Waals surface area (Å²) >= 11 is 0. The van der Waals surface area contributed by atoms with Crippen LogP contribution in [0.2, 0.25) is 0 Å². The molecule has 1 aliphatic carbocycles. The van der Waals surface area contributed by atoms with Crippen LogP contribution in [-0.4, -0.2) is 0 Å². The van der Waals surface area contributed by atoms with E-state index in [0.29, 0.717) is 5.41 Å². The Morgan fingerprint density at radius 3 is 2.24 bits per heavy atom. The summed E-state index contributed by atoms with van der Waals surface area (Å²) < 4.78 is 0. The van der Waals surface area contributed by atoms with Gasteiger partial charge in [0.15, 0.2) is 0 Å². The fraction of sp³-hybridized carbons (Fsp3) is 0.500. The minimum atomic E-state index is -0.150. The van der Waals surface area contributed by atoms with Crippen LogP contribution in [0.3, 0.4) is 0 Å². The van der Waals surface area contributed by atoms with E-state index in [9.17, 15) is 0 Å². The monoisotopic (exact) mass is 281 g/mol. The molecule has 0 atom stereocenters. The van der Waals surface area contributed by atoms with Crippen molar-refractivity contribution in [2.24, 2.45) is 17.1 Å². The van der Waals surface area contributed by atoms with Crippen molar-refractivity contribution in [3.8, 4) is 0 Å². The standard InChI is InChI=1S/C20H27N/c1-19(2,3)16-11-13-20(21,14-12-16)18-10-6-8-15-7-4-5-9-17(15)18/h4-10,16H,11-14,21H2,1-3H3. The van der Waals surface area contributed by atoms with E-state index in [-0.39, 0.29) is 5.54 Å². The summed E-state index contributed by atoms with van der Waals surface area (Å²) in [6, 6.07) is 15.2. The normalized spacial score (nSPS) is 27.0. The van der Waals surface area contributed by atoms with Crippen LogP contribution < -0.4 is 5.73 Å². The van der Waals surface area contributed by atoms with Crippen molar-refractivity contribution in [3.63, 3.8) is 0 Å². The van der Waals surface area contributed by atoms with Gasteiger partial charge in [0.1, 0.15) is 0 Å². The third-order valence-corrected chi connectivity index (χ3v) is 5.43. The van der Waals surface area contributed by atoms with Crippen molar-refractivity contribution in [2.75, 3.05) is 0 Å². The van der Waals surface area contributed by atoms with Gasteiger partial charge in [0, 0.05) is 5.54 Å². The smallest absolute Gasteiger partial charge is 0.0416 e. The van der Waals surface area contributed by atoms with Gasteiger partial charge in [-0.2, -0.15) is 0 Å². The quantitative estimate of drug-likeness (QED) is 0.761. The van der Waals surface area contributed by atoms with E-state index in [1.54, 1.807) is 0 Å². The molecular formula is C20H27N. The molecule has 112 valence electrons. The first-order chi connectivity index (χ1) is 9.90. The minimum absolute atomic E-state index is 0.150. The number of hydrogen-bond donors (Lipinski definition) is 1. The first-order valence-electron chi connectivity index (χ1n) is 8.17. The van der Waals surface area contributed by atoms with Crippen LogP contribution >= 0.6 is 0 Å². The largest absolute Gasteiger partial charge is 0.321 e. The molecule has 0 saturated heterocycles. The topological polar surface area (TPSA) is 26.0 Å². The lowest BCUT2D eigenvalue weighted by Gasteiger charge is -2.42. The summed E-state index contributed by atoms with van der Waals surface area (Å²) in [5, 5.41) is 2.63. The first kappa shape index (κ1) is 14.6. The molecule has 0 heterocycles. The van der Waals surface area contributed by atoms with Gasteiger partial charge in [0.05, 0.1) is 0 Å². The van der Waals surface area contributed by atoms with E-state index in [2.05, 4.69) is 63.2 Å². The van der Waals surface area contributed by atoms with E-state index in [4.69, 9.17) is 5.73 Å². The number of fused-ring (bicyclic) bond motifs is 1. The predicted octanol–water partition coefficient (Wildman–Crippen LogP) is 5.23. The van der Waals surface area contributed by atoms with Gasteiger partial charge in [-0.05, 0) is 53.4 Å². The highest BCUT2D eigenvalue weighted by molar-refractivity contribution is 5.86. The Bertz CT molecular complexity index is 622. The van der Waals surface area contributed by atoms with Gasteiger partial charge >= 0.3 is 0 Å². The van der Waals surface area contributed by atoms with Gasteiger partial charge in [-0.1, -0.05) is 63.2 Å². The fourth-order valence-corrected chi connectivity index (χ4v) is 3.93. The average Bonchev–Trinajstić information content (AvgIpc) is 2.46. The SMILES string of the molecule is CC(C)(C)C1CCC(N)(c2cccc3ccccc23)CC1. The molecule has 0 unspecified atom stereocenters. The molecule has 2 aromatic rings. The summed E-state index contributed by atoms with van der Waals surface area (Å²) in [6.45, 7) is 7.08. The van der Waals surface area contributed by atoms with Gasteiger partial charge in [-0.3, -0.25) is 0 Å². The summed E-state index contributed by atoms with van der Waals surface area (Å²) in [5.74, 6) is 0.796. The lowest BCUT2D eigenvalue weighted by molar-refractivity contribution is 0.134. The zero-order chi connectivity index (χ0) is 15.1. The molecule has 0 aliphatic heterocycles. The molecule has 0 spiro atoms. The number of rotatable bonds is 1. The minimum Gasteiger partial charge on any atom is -0.321 e. The highest BCUT2D eigenvalue weighted by Gasteiger charge is 2.37. The lowest BCUT2D eigenvalue weighted by atomic mass is 9.65. The summed E-state index contributed by atoms with van der Waals surface area (Å²) in [6.07, 6.45) is 4.68. The molecule has 1 heteroatoms. The fourth-order valence-electron chi connectivity index (χ4n) is 3.93. The molecule has 1 nitrogen and oxygen atoms in total. The van der Waals surface area contributed by atoms with Crippen molar-refractivity contribution in [1.82, 2.24) is 0 Å². The second-order valence-electron chi connectivity index (χ2n) is 7.82. The third-order valence-electron chi connectivity index (χ3n) is 5.43. The van der Waals surface area contributed by atoms with E-state index < -0.39 is 0 Å². The Hall–Kier alpha value is -1.34. The Morgan fingerprint density at radius 2 is 1.57 bits per heavy atom. The predicted molar refractivity (Wildman–Crippen MR) is 91.2 cm³/mol. The molecule has 2 N–H and O–H groups in total. The van der Waals surface area contributed by atoms with E-state index >= 15 is 0 Å². The maximum atomic E-state index is 6.85. The van der Waals surface area contributed by atoms with Gasteiger partial charge in [-0.15, -0.1) is 0 Å². The lowest BCUT2D eigenvalue weighted by Crippen LogP contribution is -2.42. The van der Waals surface area contributed by atoms with E-state index in [0.717, 1.165) is 18.8 Å². The van der Waals surface area contributed by atoms with Crippen molar-refractivity contribution in [1.29, 1.82) is 0 Å². The Morgan fingerprint density at radius 1 is 0.952 bits per heavy atom. The molecule has 3 rings (SSSR count). The van der Waals surface area contributed by atoms with Crippen LogP contribution in [0.25, 0.3) is 10.8 Å². The van der Waals surface area contributed by atoms with Crippen LogP contribution in [0, 0.1) is 11.3 Å². The average molecular weight is 281 g/mol. The molecule has 0 aromatic heterocycles. The molecule has 2 aromatic carbocycles. The maximum Gasteiger partial charge on any atom is 0.0416 e. The zero-order valence-electron chi connectivity index (χ0n) is 13.5. The van der Waals surface area contributed by atoms with Crippen molar-refractivity contribution in [3.05, 3.63) is 48.0 Å². The Balaban J connectivity index is 1.93. The van der Waals surface area contributed by atoms with Crippen molar-refractivity contribution >= 4 is 10.8 Å². The van der Waals surface area contributed by atoms with E-state index in [1.807, 2.05) is 0 Å². The zero-order valence-corrected chi connectivity index (χ0v) is 13.5. The van der Waals surface area contributed by atoms with Crippen LogP contribution in [0.4, 0.5) is 0 Å². The van der Waals surface area contributed by atoms with Crippen LogP contribution in [0.1, 0.15) is 52.0 Å². The number of hydrogen-bond acceptors (Lipinski definition) is 1. The molecule has 0 bridgehead atoms. The van der Waals surface area contributed by atoms with Gasteiger partial charge < -0.3 is 5.73 Å². The van der Waals surface area contributed by atoms with Crippen LogP contribution in [0.5, 0.6) is 0 Å². The second-order valence-corrected chi connectivity index (χ2v) is 7.82. The highest BCUT2D eigenvalue weighted by atomic mass is 14.8. The molecule has 1 saturated carbocycles. The molecular weight excluding hydrogens is 254 g/mol. The van der Waals surface area contributed by atoms with Crippen molar-refractivity contribution in [2.45, 2.75) is 52.0 Å². The summed E-state index contributed by atoms with van der Waals surface area (Å²) in [7, 11) is 0. The molecule has 1 aliphatic rings. The van der Waals surface area contributed by atoms with Crippen LogP contribution in [0.15, 0.2) is 42.5 Å². The third kappa shape index (κ3) is 2.72. The molecule has 0 radical (unpaired) electrons. The molecule has 1 fully saturated rings. The van der Waals surface area contributed by atoms with E-state index in [1.165, 1.54) is 29.2 Å². The van der Waals surface area contributed by atoms with Gasteiger partial charge in [0.2, 0.25) is 0 Å². The number of nitrogens with two attached hydrogens (primary N) is 1. The summed E-state index contributed by atoms with van der Waals surface area (Å²) in [5.41, 5.74) is 8.45. The molecule has 21 heavy (non-hydrogen) atoms. The number of benzene rings is 2. The van der Waals surface area contributed by atoms with Gasteiger partial charge in [-0.25, -0.2) is 0 Å². The Labute approximate surface area is 128 Å². The Kier molecular flexibility index (Phi) is 3.57. The second kappa shape index (κ2) is 5.14. The van der Waals surface area contributed by atoms with Crippen LogP contribution in [-0.2, 0) is 5.54 Å². The first-order valence-corrected chi connectivity index (χ1v) is 8.17.